The molecule has 0 aliphatic heterocycles. The minimum absolute atomic E-state index is 0.230. The predicted octanol–water partition coefficient (Wildman–Crippen LogP) is 1.58. The van der Waals surface area contributed by atoms with Gasteiger partial charge in [0.1, 0.15) is 0 Å². The van der Waals surface area contributed by atoms with E-state index in [0.717, 1.165) is 6.42 Å². The second kappa shape index (κ2) is 5.80. The lowest BCUT2D eigenvalue weighted by Crippen LogP contribution is -2.32. The summed E-state index contributed by atoms with van der Waals surface area (Å²) in [5, 5.41) is 18.5. The third kappa shape index (κ3) is 3.15. The number of phenolic OH excluding ortho intramolecular Hbond substituents is 2. The van der Waals surface area contributed by atoms with Crippen molar-refractivity contribution < 1.29 is 15.0 Å². The normalized spacial score (nSPS) is 9.65. The summed E-state index contributed by atoms with van der Waals surface area (Å²) in [6, 6.07) is 3.97. The Morgan fingerprint density at radius 1 is 1.41 bits per heavy atom. The number of rotatable bonds is 4. The maximum Gasteiger partial charge on any atom is 0.254 e. The zero-order valence-corrected chi connectivity index (χ0v) is 9.68. The Morgan fingerprint density at radius 2 is 2.12 bits per heavy atom. The molecule has 0 aromatic heterocycles. The third-order valence-electron chi connectivity index (χ3n) is 2.29. The van der Waals surface area contributed by atoms with Crippen LogP contribution >= 0.6 is 0 Å². The summed E-state index contributed by atoms with van der Waals surface area (Å²) in [5.74, 6) is 1.61. The van der Waals surface area contributed by atoms with Crippen molar-refractivity contribution >= 4 is 5.91 Å². The van der Waals surface area contributed by atoms with E-state index in [0.29, 0.717) is 12.1 Å². The summed E-state index contributed by atoms with van der Waals surface area (Å²) in [6.45, 7) is 2.74. The van der Waals surface area contributed by atoms with E-state index < -0.39 is 0 Å². The monoisotopic (exact) mass is 233 g/mol. The van der Waals surface area contributed by atoms with Gasteiger partial charge in [0.15, 0.2) is 11.5 Å². The van der Waals surface area contributed by atoms with Crippen LogP contribution in [0, 0.1) is 12.3 Å². The molecule has 1 aromatic carbocycles. The zero-order valence-electron chi connectivity index (χ0n) is 9.68. The quantitative estimate of drug-likeness (QED) is 0.613. The van der Waals surface area contributed by atoms with Gasteiger partial charge >= 0.3 is 0 Å². The van der Waals surface area contributed by atoms with Gasteiger partial charge in [0.25, 0.3) is 5.91 Å². The summed E-state index contributed by atoms with van der Waals surface area (Å²) >= 11 is 0. The highest BCUT2D eigenvalue weighted by Crippen LogP contribution is 2.25. The number of hydrogen-bond acceptors (Lipinski definition) is 3. The first kappa shape index (κ1) is 12.9. The van der Waals surface area contributed by atoms with Crippen LogP contribution in [0.2, 0.25) is 0 Å². The van der Waals surface area contributed by atoms with Crippen LogP contribution in [0.5, 0.6) is 11.5 Å². The van der Waals surface area contributed by atoms with Crippen LogP contribution in [0.1, 0.15) is 23.7 Å². The van der Waals surface area contributed by atoms with Crippen LogP contribution < -0.4 is 0 Å². The van der Waals surface area contributed by atoms with Crippen LogP contribution in [0.25, 0.3) is 0 Å². The van der Waals surface area contributed by atoms with E-state index >= 15 is 0 Å². The molecular weight excluding hydrogens is 218 g/mol. The largest absolute Gasteiger partial charge is 0.504 e. The van der Waals surface area contributed by atoms with Gasteiger partial charge in [-0.25, -0.2) is 0 Å². The molecule has 1 amide bonds. The Labute approximate surface area is 100 Å². The first-order valence-electron chi connectivity index (χ1n) is 5.34. The van der Waals surface area contributed by atoms with E-state index in [9.17, 15) is 9.90 Å². The molecule has 4 heteroatoms. The number of nitrogens with zero attached hydrogens (tertiary/aromatic N) is 1. The molecule has 0 radical (unpaired) electrons. The predicted molar refractivity (Wildman–Crippen MR) is 64.8 cm³/mol. The van der Waals surface area contributed by atoms with Crippen LogP contribution in [0.4, 0.5) is 0 Å². The van der Waals surface area contributed by atoms with Gasteiger partial charge in [-0.2, -0.15) is 0 Å². The highest BCUT2D eigenvalue weighted by molar-refractivity contribution is 5.95. The fourth-order valence-electron chi connectivity index (χ4n) is 1.47. The second-order valence-corrected chi connectivity index (χ2v) is 3.63. The molecule has 0 unspecified atom stereocenters. The average Bonchev–Trinajstić information content (AvgIpc) is 2.31. The van der Waals surface area contributed by atoms with Gasteiger partial charge in [0.05, 0.1) is 6.54 Å². The van der Waals surface area contributed by atoms with Crippen molar-refractivity contribution in [2.75, 3.05) is 13.1 Å². The molecule has 90 valence electrons. The molecule has 2 N–H and O–H groups in total. The number of hydrogen-bond donors (Lipinski definition) is 2. The SMILES string of the molecule is C#CCN(CCC)C(=O)c1ccc(O)c(O)c1. The topological polar surface area (TPSA) is 60.8 Å². The maximum atomic E-state index is 12.0. The molecule has 0 atom stereocenters. The number of carbonyl (C=O) groups is 1. The van der Waals surface area contributed by atoms with E-state index in [1.807, 2.05) is 6.92 Å². The van der Waals surface area contributed by atoms with Gasteiger partial charge < -0.3 is 15.1 Å². The Kier molecular flexibility index (Phi) is 4.41. The third-order valence-corrected chi connectivity index (χ3v) is 2.29. The van der Waals surface area contributed by atoms with E-state index in [4.69, 9.17) is 11.5 Å². The lowest BCUT2D eigenvalue weighted by molar-refractivity contribution is 0.0776. The van der Waals surface area contributed by atoms with Crippen LogP contribution in [0.3, 0.4) is 0 Å². The van der Waals surface area contributed by atoms with Gasteiger partial charge in [-0.1, -0.05) is 12.8 Å². The molecule has 0 aliphatic rings. The molecule has 4 nitrogen and oxygen atoms in total. The van der Waals surface area contributed by atoms with Gasteiger partial charge in [0.2, 0.25) is 0 Å². The lowest BCUT2D eigenvalue weighted by atomic mass is 10.1. The average molecular weight is 233 g/mol. The van der Waals surface area contributed by atoms with E-state index in [-0.39, 0.29) is 24.0 Å². The van der Waals surface area contributed by atoms with Crippen molar-refractivity contribution in [1.29, 1.82) is 0 Å². The summed E-state index contributed by atoms with van der Waals surface area (Å²) in [6.07, 6.45) is 6.00. The van der Waals surface area contributed by atoms with Gasteiger partial charge in [-0.05, 0) is 24.6 Å². The minimum atomic E-state index is -0.312. The fourth-order valence-corrected chi connectivity index (χ4v) is 1.47. The molecule has 0 aliphatic carbocycles. The Morgan fingerprint density at radius 3 is 2.65 bits per heavy atom. The van der Waals surface area contributed by atoms with Crippen LogP contribution in [-0.4, -0.2) is 34.1 Å². The second-order valence-electron chi connectivity index (χ2n) is 3.63. The Balaban J connectivity index is 2.93. The highest BCUT2D eigenvalue weighted by atomic mass is 16.3. The molecule has 0 saturated carbocycles. The number of amides is 1. The first-order chi connectivity index (χ1) is 8.10. The summed E-state index contributed by atoms with van der Waals surface area (Å²) in [4.78, 5) is 13.5. The highest BCUT2D eigenvalue weighted by Gasteiger charge is 2.15. The lowest BCUT2D eigenvalue weighted by Gasteiger charge is -2.19. The number of terminal acetylenes is 1. The van der Waals surface area contributed by atoms with Crippen molar-refractivity contribution in [1.82, 2.24) is 4.90 Å². The molecule has 1 aromatic rings. The minimum Gasteiger partial charge on any atom is -0.504 e. The smallest absolute Gasteiger partial charge is 0.254 e. The zero-order chi connectivity index (χ0) is 12.8. The first-order valence-corrected chi connectivity index (χ1v) is 5.34. The van der Waals surface area contributed by atoms with Gasteiger partial charge in [-0.15, -0.1) is 6.42 Å². The molecule has 0 bridgehead atoms. The van der Waals surface area contributed by atoms with Gasteiger partial charge in [-0.3, -0.25) is 4.79 Å². The maximum absolute atomic E-state index is 12.0. The Bertz CT molecular complexity index is 448. The van der Waals surface area contributed by atoms with Crippen molar-refractivity contribution in [3.63, 3.8) is 0 Å². The number of carbonyl (C=O) groups excluding carboxylic acids is 1. The van der Waals surface area contributed by atoms with Crippen molar-refractivity contribution in [3.8, 4) is 23.8 Å². The van der Waals surface area contributed by atoms with Crippen molar-refractivity contribution in [2.24, 2.45) is 0 Å². The molecule has 1 rings (SSSR count). The van der Waals surface area contributed by atoms with E-state index in [1.54, 1.807) is 0 Å². The van der Waals surface area contributed by atoms with Crippen LogP contribution in [-0.2, 0) is 0 Å². The van der Waals surface area contributed by atoms with Gasteiger partial charge in [0, 0.05) is 12.1 Å². The van der Waals surface area contributed by atoms with E-state index in [2.05, 4.69) is 5.92 Å². The van der Waals surface area contributed by atoms with Crippen LogP contribution in [0.15, 0.2) is 18.2 Å². The summed E-state index contributed by atoms with van der Waals surface area (Å²) in [7, 11) is 0. The standard InChI is InChI=1S/C13H15NO3/c1-3-7-14(8-4-2)13(17)10-5-6-11(15)12(16)9-10/h1,5-6,9,15-16H,4,7-8H2,2H3. The molecule has 0 saturated heterocycles. The summed E-state index contributed by atoms with van der Waals surface area (Å²) < 4.78 is 0. The molecular formula is C13H15NO3. The molecule has 17 heavy (non-hydrogen) atoms. The molecule has 0 heterocycles. The van der Waals surface area contributed by atoms with Crippen molar-refractivity contribution in [2.45, 2.75) is 13.3 Å². The number of phenols is 2. The fraction of sp³-hybridized carbons (Fsp3) is 0.308. The van der Waals surface area contributed by atoms with Crippen molar-refractivity contribution in [3.05, 3.63) is 23.8 Å². The number of benzene rings is 1. The Hall–Kier alpha value is -2.15. The van der Waals surface area contributed by atoms with E-state index in [1.165, 1.54) is 23.1 Å². The molecule has 0 spiro atoms. The molecule has 0 fully saturated rings. The number of aromatic hydroxyl groups is 2. The summed E-state index contributed by atoms with van der Waals surface area (Å²) in [5.41, 5.74) is 0.309.